The summed E-state index contributed by atoms with van der Waals surface area (Å²) in [5, 5.41) is 5.57. The first-order valence-corrected chi connectivity index (χ1v) is 12.7. The molecule has 1 N–H and O–H groups in total. The molecule has 0 bridgehead atoms. The Morgan fingerprint density at radius 2 is 1.97 bits per heavy atom. The third-order valence-electron chi connectivity index (χ3n) is 5.89. The van der Waals surface area contributed by atoms with E-state index in [0.717, 1.165) is 53.9 Å². The van der Waals surface area contributed by atoms with E-state index in [0.29, 0.717) is 24.1 Å². The SMILES string of the molecule is CN1CCN(c2cc(OCCNC(=O)Cc3csc4nc(-c5ccc(Cl)cc5)cn34)ncn2)CC1. The Labute approximate surface area is 212 Å². The summed E-state index contributed by atoms with van der Waals surface area (Å²) < 4.78 is 7.71. The standard InChI is InChI=1S/C24H26ClN7O2S/c1-30-7-9-31(10-8-30)21-13-23(28-16-27-21)34-11-6-26-22(33)12-19-15-35-24-29-20(14-32(19)24)17-2-4-18(25)5-3-17/h2-5,13-16H,6-12H2,1H3,(H,26,33). The molecule has 11 heteroatoms. The summed E-state index contributed by atoms with van der Waals surface area (Å²) in [5.74, 6) is 1.30. The second kappa shape index (κ2) is 10.6. The van der Waals surface area contributed by atoms with Crippen molar-refractivity contribution in [3.63, 3.8) is 0 Å². The summed E-state index contributed by atoms with van der Waals surface area (Å²) in [6, 6.07) is 9.41. The number of halogens is 1. The van der Waals surface area contributed by atoms with Crippen molar-refractivity contribution in [1.29, 1.82) is 0 Å². The molecule has 0 saturated carbocycles. The van der Waals surface area contributed by atoms with Gasteiger partial charge in [-0.05, 0) is 19.2 Å². The Morgan fingerprint density at radius 3 is 2.77 bits per heavy atom. The molecule has 1 fully saturated rings. The van der Waals surface area contributed by atoms with Gasteiger partial charge in [-0.3, -0.25) is 9.20 Å². The van der Waals surface area contributed by atoms with E-state index in [4.69, 9.17) is 16.3 Å². The summed E-state index contributed by atoms with van der Waals surface area (Å²) in [5.41, 5.74) is 2.73. The summed E-state index contributed by atoms with van der Waals surface area (Å²) >= 11 is 7.50. The zero-order valence-electron chi connectivity index (χ0n) is 19.4. The summed E-state index contributed by atoms with van der Waals surface area (Å²) in [4.78, 5) is 31.1. The lowest BCUT2D eigenvalue weighted by Gasteiger charge is -2.33. The molecule has 0 spiro atoms. The molecule has 5 rings (SSSR count). The first kappa shape index (κ1) is 23.5. The molecule has 9 nitrogen and oxygen atoms in total. The monoisotopic (exact) mass is 511 g/mol. The third kappa shape index (κ3) is 5.72. The Bertz CT molecular complexity index is 1300. The minimum atomic E-state index is -0.0733. The van der Waals surface area contributed by atoms with Crippen LogP contribution in [0.2, 0.25) is 5.02 Å². The number of hydrogen-bond acceptors (Lipinski definition) is 8. The summed E-state index contributed by atoms with van der Waals surface area (Å²) in [6.07, 6.45) is 3.73. The lowest BCUT2D eigenvalue weighted by molar-refractivity contribution is -0.120. The predicted molar refractivity (Wildman–Crippen MR) is 137 cm³/mol. The number of ether oxygens (including phenoxy) is 1. The molecule has 3 aromatic heterocycles. The second-order valence-corrected chi connectivity index (χ2v) is 9.67. The van der Waals surface area contributed by atoms with Gasteiger partial charge in [0.15, 0.2) is 4.96 Å². The van der Waals surface area contributed by atoms with Gasteiger partial charge in [-0.15, -0.1) is 11.3 Å². The van der Waals surface area contributed by atoms with Gasteiger partial charge in [0.1, 0.15) is 18.8 Å². The van der Waals surface area contributed by atoms with Crippen molar-refractivity contribution < 1.29 is 9.53 Å². The van der Waals surface area contributed by atoms with Crippen LogP contribution in [0.1, 0.15) is 5.69 Å². The van der Waals surface area contributed by atoms with Gasteiger partial charge in [0.05, 0.1) is 18.7 Å². The first-order valence-electron chi connectivity index (χ1n) is 11.4. The van der Waals surface area contributed by atoms with Crippen molar-refractivity contribution in [1.82, 2.24) is 29.6 Å². The van der Waals surface area contributed by atoms with Crippen LogP contribution in [0.15, 0.2) is 48.2 Å². The number of imidazole rings is 1. The van der Waals surface area contributed by atoms with Crippen LogP contribution in [-0.4, -0.2) is 76.5 Å². The Kier molecular flexibility index (Phi) is 7.12. The second-order valence-electron chi connectivity index (χ2n) is 8.39. The predicted octanol–water partition coefficient (Wildman–Crippen LogP) is 3.00. The Balaban J connectivity index is 1.11. The molecule has 1 aromatic carbocycles. The molecule has 4 aromatic rings. The number of aromatic nitrogens is 4. The van der Waals surface area contributed by atoms with Crippen LogP contribution >= 0.6 is 22.9 Å². The van der Waals surface area contributed by atoms with E-state index in [2.05, 4.69) is 37.1 Å². The molecular formula is C24H26ClN7O2S. The van der Waals surface area contributed by atoms with Crippen LogP contribution in [0, 0.1) is 0 Å². The number of carbonyl (C=O) groups is 1. The topological polar surface area (TPSA) is 87.9 Å². The zero-order valence-corrected chi connectivity index (χ0v) is 20.9. The average Bonchev–Trinajstić information content (AvgIpc) is 3.45. The first-order chi connectivity index (χ1) is 17.0. The quantitative estimate of drug-likeness (QED) is 0.364. The lowest BCUT2D eigenvalue weighted by Crippen LogP contribution is -2.44. The Morgan fingerprint density at radius 1 is 1.17 bits per heavy atom. The molecular weight excluding hydrogens is 486 g/mol. The van der Waals surface area contributed by atoms with Crippen molar-refractivity contribution >= 4 is 39.6 Å². The maximum atomic E-state index is 12.5. The molecule has 0 aliphatic carbocycles. The molecule has 1 aliphatic heterocycles. The van der Waals surface area contributed by atoms with Gasteiger partial charge in [0.2, 0.25) is 11.8 Å². The van der Waals surface area contributed by atoms with Crippen LogP contribution in [0.3, 0.4) is 0 Å². The molecule has 35 heavy (non-hydrogen) atoms. The number of thiazole rings is 1. The minimum absolute atomic E-state index is 0.0733. The highest BCUT2D eigenvalue weighted by Crippen LogP contribution is 2.25. The molecule has 0 radical (unpaired) electrons. The maximum absolute atomic E-state index is 12.5. The van der Waals surface area contributed by atoms with Crippen molar-refractivity contribution in [3.8, 4) is 17.1 Å². The number of fused-ring (bicyclic) bond motifs is 1. The fourth-order valence-electron chi connectivity index (χ4n) is 3.91. The van der Waals surface area contributed by atoms with Gasteiger partial charge in [-0.1, -0.05) is 23.7 Å². The van der Waals surface area contributed by atoms with E-state index >= 15 is 0 Å². The number of nitrogens with zero attached hydrogens (tertiary/aromatic N) is 6. The van der Waals surface area contributed by atoms with Gasteiger partial charge >= 0.3 is 0 Å². The van der Waals surface area contributed by atoms with Crippen molar-refractivity contribution in [3.05, 3.63) is 59.0 Å². The number of rotatable bonds is 8. The number of nitrogens with one attached hydrogen (secondary N) is 1. The van der Waals surface area contributed by atoms with Crippen molar-refractivity contribution in [2.45, 2.75) is 6.42 Å². The number of likely N-dealkylation sites (N-methyl/N-ethyl adjacent to an activating group) is 1. The smallest absolute Gasteiger partial charge is 0.226 e. The van der Waals surface area contributed by atoms with E-state index in [9.17, 15) is 4.79 Å². The van der Waals surface area contributed by atoms with Crippen molar-refractivity contribution in [2.24, 2.45) is 0 Å². The number of hydrogen-bond donors (Lipinski definition) is 1. The fourth-order valence-corrected chi connectivity index (χ4v) is 4.91. The number of carbonyl (C=O) groups excluding carboxylic acids is 1. The minimum Gasteiger partial charge on any atom is -0.476 e. The number of amides is 1. The molecule has 1 saturated heterocycles. The molecule has 1 amide bonds. The number of anilines is 1. The number of piperazine rings is 1. The van der Waals surface area contributed by atoms with Gasteiger partial charge < -0.3 is 19.9 Å². The van der Waals surface area contributed by atoms with Crippen LogP contribution in [-0.2, 0) is 11.2 Å². The van der Waals surface area contributed by atoms with Crippen LogP contribution in [0.4, 0.5) is 5.82 Å². The largest absolute Gasteiger partial charge is 0.476 e. The van der Waals surface area contributed by atoms with E-state index in [-0.39, 0.29) is 12.3 Å². The average molecular weight is 512 g/mol. The van der Waals surface area contributed by atoms with E-state index < -0.39 is 0 Å². The molecule has 182 valence electrons. The molecule has 0 unspecified atom stereocenters. The lowest BCUT2D eigenvalue weighted by atomic mass is 10.2. The fraction of sp³-hybridized carbons (Fsp3) is 0.333. The van der Waals surface area contributed by atoms with Crippen LogP contribution < -0.4 is 15.0 Å². The van der Waals surface area contributed by atoms with Crippen LogP contribution in [0.5, 0.6) is 5.88 Å². The summed E-state index contributed by atoms with van der Waals surface area (Å²) in [7, 11) is 2.12. The highest BCUT2D eigenvalue weighted by atomic mass is 35.5. The number of benzene rings is 1. The molecule has 4 heterocycles. The Hall–Kier alpha value is -3.21. The van der Waals surface area contributed by atoms with E-state index in [1.54, 1.807) is 0 Å². The van der Waals surface area contributed by atoms with E-state index in [1.807, 2.05) is 46.3 Å². The molecule has 1 aliphatic rings. The maximum Gasteiger partial charge on any atom is 0.226 e. The highest BCUT2D eigenvalue weighted by Gasteiger charge is 2.16. The van der Waals surface area contributed by atoms with Gasteiger partial charge in [-0.25, -0.2) is 15.0 Å². The van der Waals surface area contributed by atoms with Crippen molar-refractivity contribution in [2.75, 3.05) is 51.3 Å². The third-order valence-corrected chi connectivity index (χ3v) is 7.03. The highest BCUT2D eigenvalue weighted by molar-refractivity contribution is 7.15. The normalized spacial score (nSPS) is 14.4. The molecule has 0 atom stereocenters. The van der Waals surface area contributed by atoms with Crippen LogP contribution in [0.25, 0.3) is 16.2 Å². The van der Waals surface area contributed by atoms with Gasteiger partial charge in [0.25, 0.3) is 0 Å². The van der Waals surface area contributed by atoms with Gasteiger partial charge in [0, 0.05) is 60.1 Å². The van der Waals surface area contributed by atoms with E-state index in [1.165, 1.54) is 17.7 Å². The summed E-state index contributed by atoms with van der Waals surface area (Å²) in [6.45, 7) is 4.58. The zero-order chi connectivity index (χ0) is 24.2. The van der Waals surface area contributed by atoms with Gasteiger partial charge in [-0.2, -0.15) is 0 Å².